The maximum absolute atomic E-state index is 13.1. The van der Waals surface area contributed by atoms with Crippen LogP contribution < -0.4 is 14.5 Å². The van der Waals surface area contributed by atoms with E-state index in [0.29, 0.717) is 28.7 Å². The standard InChI is InChI=1S/C25H29N2O6/c1-3-32-21-14-16(11-12-20(21)33-17-8-5-4-6-9-17)18(15-22(28)31-2)24-25(29)23-19(27(24)30)10-7-13-26-23/h7,10-14,17-18,24H,3-6,8-9,15H2,1-2H3/q-1. The number of hydroxylamine groups is 1. The summed E-state index contributed by atoms with van der Waals surface area (Å²) in [7, 11) is 1.29. The zero-order chi connectivity index (χ0) is 23.4. The van der Waals surface area contributed by atoms with Gasteiger partial charge in [0.25, 0.3) is 0 Å². The molecule has 1 saturated carbocycles. The van der Waals surface area contributed by atoms with Crippen molar-refractivity contribution >= 4 is 17.4 Å². The molecule has 1 aliphatic heterocycles. The molecule has 8 heteroatoms. The molecule has 176 valence electrons. The SMILES string of the molecule is CCOc1cc(C(CC(=O)OC)C2C(=O)c3ncccc3N2[O-])ccc1OC1CCCCC1. The Morgan fingerprint density at radius 2 is 2.00 bits per heavy atom. The lowest BCUT2D eigenvalue weighted by Gasteiger charge is -2.37. The Labute approximate surface area is 193 Å². The van der Waals surface area contributed by atoms with E-state index >= 15 is 0 Å². The van der Waals surface area contributed by atoms with Crippen LogP contribution in [0.2, 0.25) is 0 Å². The van der Waals surface area contributed by atoms with Gasteiger partial charge >= 0.3 is 5.97 Å². The first-order chi connectivity index (χ1) is 16.0. The largest absolute Gasteiger partial charge is 0.758 e. The van der Waals surface area contributed by atoms with Gasteiger partial charge in [-0.25, -0.2) is 0 Å². The molecule has 0 N–H and O–H groups in total. The minimum atomic E-state index is -1.12. The normalized spacial score (nSPS) is 19.2. The molecule has 0 radical (unpaired) electrons. The molecule has 2 atom stereocenters. The van der Waals surface area contributed by atoms with Crippen molar-refractivity contribution in [3.63, 3.8) is 0 Å². The van der Waals surface area contributed by atoms with E-state index in [0.717, 1.165) is 25.7 Å². The van der Waals surface area contributed by atoms with Crippen LogP contribution in [0.4, 0.5) is 5.69 Å². The van der Waals surface area contributed by atoms with Crippen molar-refractivity contribution in [3.05, 3.63) is 53.0 Å². The molecule has 1 fully saturated rings. The number of fused-ring (bicyclic) bond motifs is 1. The monoisotopic (exact) mass is 453 g/mol. The van der Waals surface area contributed by atoms with Crippen LogP contribution in [0.5, 0.6) is 11.5 Å². The Morgan fingerprint density at radius 3 is 2.70 bits per heavy atom. The van der Waals surface area contributed by atoms with Crippen molar-refractivity contribution < 1.29 is 23.8 Å². The van der Waals surface area contributed by atoms with Crippen LogP contribution in [0.3, 0.4) is 0 Å². The lowest BCUT2D eigenvalue weighted by Crippen LogP contribution is -2.38. The third kappa shape index (κ3) is 4.80. The van der Waals surface area contributed by atoms with Crippen LogP contribution in [0.1, 0.15) is 67.4 Å². The fraction of sp³-hybridized carbons (Fsp3) is 0.480. The molecule has 0 saturated heterocycles. The van der Waals surface area contributed by atoms with Gasteiger partial charge in [0.15, 0.2) is 11.5 Å². The summed E-state index contributed by atoms with van der Waals surface area (Å²) in [6, 6.07) is 7.43. The van der Waals surface area contributed by atoms with Crippen molar-refractivity contribution in [1.29, 1.82) is 0 Å². The predicted octanol–water partition coefficient (Wildman–Crippen LogP) is 4.41. The smallest absolute Gasteiger partial charge is 0.306 e. The van der Waals surface area contributed by atoms with Crippen LogP contribution in [-0.4, -0.2) is 42.6 Å². The minimum Gasteiger partial charge on any atom is -0.758 e. The molecule has 2 aromatic rings. The highest BCUT2D eigenvalue weighted by Crippen LogP contribution is 2.41. The topological polar surface area (TPSA) is 101 Å². The number of methoxy groups -OCH3 is 1. The summed E-state index contributed by atoms with van der Waals surface area (Å²) in [6.07, 6.45) is 7.02. The fourth-order valence-electron chi connectivity index (χ4n) is 4.67. The second-order valence-corrected chi connectivity index (χ2v) is 8.41. The van der Waals surface area contributed by atoms with Crippen molar-refractivity contribution in [2.75, 3.05) is 18.8 Å². The molecule has 2 heterocycles. The maximum atomic E-state index is 13.1. The van der Waals surface area contributed by atoms with E-state index in [1.165, 1.54) is 19.7 Å². The average Bonchev–Trinajstić information content (AvgIpc) is 3.09. The number of hydrogen-bond donors (Lipinski definition) is 0. The zero-order valence-corrected chi connectivity index (χ0v) is 19.0. The Morgan fingerprint density at radius 1 is 1.21 bits per heavy atom. The van der Waals surface area contributed by atoms with Gasteiger partial charge in [-0.1, -0.05) is 12.5 Å². The second kappa shape index (κ2) is 10.2. The van der Waals surface area contributed by atoms with Gasteiger partial charge in [0.05, 0.1) is 38.0 Å². The third-order valence-electron chi connectivity index (χ3n) is 6.32. The number of pyridine rings is 1. The Kier molecular flexibility index (Phi) is 7.13. The third-order valence-corrected chi connectivity index (χ3v) is 6.32. The van der Waals surface area contributed by atoms with E-state index in [-0.39, 0.29) is 23.9 Å². The van der Waals surface area contributed by atoms with Crippen LogP contribution in [-0.2, 0) is 9.53 Å². The first kappa shape index (κ1) is 23.0. The summed E-state index contributed by atoms with van der Waals surface area (Å²) >= 11 is 0. The molecule has 0 spiro atoms. The number of Topliss-reactive ketones (excluding diaryl/α,β-unsaturated/α-hetero) is 1. The summed E-state index contributed by atoms with van der Waals surface area (Å²) < 4.78 is 16.9. The summed E-state index contributed by atoms with van der Waals surface area (Å²) in [4.78, 5) is 29.5. The number of aromatic nitrogens is 1. The number of esters is 1. The van der Waals surface area contributed by atoms with Gasteiger partial charge in [-0.05, 0) is 62.4 Å². The molecule has 2 aliphatic rings. The lowest BCUT2D eigenvalue weighted by atomic mass is 9.86. The Hall–Kier alpha value is -3.13. The Balaban J connectivity index is 1.68. The van der Waals surface area contributed by atoms with Gasteiger partial charge in [0, 0.05) is 12.1 Å². The van der Waals surface area contributed by atoms with E-state index in [4.69, 9.17) is 14.2 Å². The van der Waals surface area contributed by atoms with Crippen LogP contribution >= 0.6 is 0 Å². The number of ketones is 1. The van der Waals surface area contributed by atoms with Crippen molar-refractivity contribution in [2.24, 2.45) is 0 Å². The van der Waals surface area contributed by atoms with Gasteiger partial charge in [-0.3, -0.25) is 14.6 Å². The quantitative estimate of drug-likeness (QED) is 0.542. The van der Waals surface area contributed by atoms with E-state index in [9.17, 15) is 14.8 Å². The fourth-order valence-corrected chi connectivity index (χ4v) is 4.67. The number of carbonyl (C=O) groups is 2. The number of carbonyl (C=O) groups excluding carboxylic acids is 2. The van der Waals surface area contributed by atoms with E-state index < -0.39 is 23.7 Å². The molecule has 1 aromatic carbocycles. The van der Waals surface area contributed by atoms with Gasteiger partial charge in [0.2, 0.25) is 5.78 Å². The predicted molar refractivity (Wildman–Crippen MR) is 123 cm³/mol. The number of anilines is 1. The maximum Gasteiger partial charge on any atom is 0.306 e. The first-order valence-corrected chi connectivity index (χ1v) is 11.5. The molecule has 2 unspecified atom stereocenters. The van der Waals surface area contributed by atoms with Crippen LogP contribution in [0, 0.1) is 5.21 Å². The van der Waals surface area contributed by atoms with Crippen LogP contribution in [0.15, 0.2) is 36.5 Å². The Bertz CT molecular complexity index is 1000. The number of ether oxygens (including phenoxy) is 3. The molecule has 1 aliphatic carbocycles. The second-order valence-electron chi connectivity index (χ2n) is 8.41. The first-order valence-electron chi connectivity index (χ1n) is 11.5. The highest BCUT2D eigenvalue weighted by atomic mass is 16.5. The van der Waals surface area contributed by atoms with E-state index in [1.54, 1.807) is 30.3 Å². The zero-order valence-electron chi connectivity index (χ0n) is 19.0. The highest BCUT2D eigenvalue weighted by Gasteiger charge is 2.41. The minimum absolute atomic E-state index is 0.120. The summed E-state index contributed by atoms with van der Waals surface area (Å²) in [5, 5.41) is 13.7. The van der Waals surface area contributed by atoms with Gasteiger partial charge < -0.3 is 24.5 Å². The highest BCUT2D eigenvalue weighted by molar-refractivity contribution is 6.10. The number of hydrogen-bond acceptors (Lipinski definition) is 8. The average molecular weight is 454 g/mol. The molecule has 0 amide bonds. The molecule has 4 rings (SSSR count). The van der Waals surface area contributed by atoms with E-state index in [2.05, 4.69) is 4.98 Å². The summed E-state index contributed by atoms with van der Waals surface area (Å²) in [6.45, 7) is 2.31. The number of rotatable bonds is 8. The molecular weight excluding hydrogens is 424 g/mol. The van der Waals surface area contributed by atoms with Crippen molar-refractivity contribution in [2.45, 2.75) is 63.5 Å². The van der Waals surface area contributed by atoms with Gasteiger partial charge in [-0.2, -0.15) is 0 Å². The van der Waals surface area contributed by atoms with Crippen molar-refractivity contribution in [3.8, 4) is 11.5 Å². The number of benzene rings is 1. The van der Waals surface area contributed by atoms with Gasteiger partial charge in [-0.15, -0.1) is 0 Å². The lowest BCUT2D eigenvalue weighted by molar-refractivity contribution is -0.141. The van der Waals surface area contributed by atoms with Gasteiger partial charge in [0.1, 0.15) is 5.69 Å². The van der Waals surface area contributed by atoms with Crippen molar-refractivity contribution in [1.82, 2.24) is 4.98 Å². The molecule has 8 nitrogen and oxygen atoms in total. The molecular formula is C25H29N2O6-. The molecule has 0 bridgehead atoms. The van der Waals surface area contributed by atoms with Crippen LogP contribution in [0.25, 0.3) is 0 Å². The van der Waals surface area contributed by atoms with E-state index in [1.807, 2.05) is 6.92 Å². The molecule has 33 heavy (non-hydrogen) atoms. The number of nitrogens with zero attached hydrogens (tertiary/aromatic N) is 2. The summed E-state index contributed by atoms with van der Waals surface area (Å²) in [5.74, 6) is -0.486. The molecule has 1 aromatic heterocycles. The summed E-state index contributed by atoms with van der Waals surface area (Å²) in [5.41, 5.74) is 0.964.